The number of carbonyl (C=O) groups excluding carboxylic acids is 1. The van der Waals surface area contributed by atoms with E-state index in [1.807, 2.05) is 46.8 Å². The maximum atomic E-state index is 12.8. The molecule has 4 aliphatic rings. The van der Waals surface area contributed by atoms with E-state index in [1.54, 1.807) is 0 Å². The minimum absolute atomic E-state index is 0.0756. The van der Waals surface area contributed by atoms with Crippen LogP contribution in [0.25, 0.3) is 0 Å². The number of carbonyl (C=O) groups is 1. The highest BCUT2D eigenvalue weighted by Crippen LogP contribution is 2.54. The highest BCUT2D eigenvalue weighted by molar-refractivity contribution is 6.04. The van der Waals surface area contributed by atoms with Crippen molar-refractivity contribution in [2.24, 2.45) is 10.4 Å². The molecule has 1 saturated heterocycles. The maximum absolute atomic E-state index is 12.8. The van der Waals surface area contributed by atoms with E-state index in [0.717, 1.165) is 43.7 Å². The van der Waals surface area contributed by atoms with Gasteiger partial charge in [0.15, 0.2) is 0 Å². The highest BCUT2D eigenvalue weighted by atomic mass is 16.3. The molecule has 2 saturated carbocycles. The second-order valence-electron chi connectivity index (χ2n) is 11.6. The van der Waals surface area contributed by atoms with Crippen LogP contribution in [0.1, 0.15) is 107 Å². The molecule has 2 aromatic carbocycles. The molecule has 5 heteroatoms. The van der Waals surface area contributed by atoms with Gasteiger partial charge in [0.25, 0.3) is 5.91 Å². The summed E-state index contributed by atoms with van der Waals surface area (Å²) in [5.74, 6) is -0.246. The molecule has 1 N–H and O–H groups in total. The zero-order valence-electron chi connectivity index (χ0n) is 24.9. The number of hydrogen-bond acceptors (Lipinski definition) is 4. The monoisotopic (exact) mass is 531 g/mol. The lowest BCUT2D eigenvalue weighted by molar-refractivity contribution is -0.0464. The van der Waals surface area contributed by atoms with Crippen LogP contribution in [0.5, 0.6) is 0 Å². The molecular weight excluding hydrogens is 482 g/mol. The van der Waals surface area contributed by atoms with E-state index < -0.39 is 0 Å². The summed E-state index contributed by atoms with van der Waals surface area (Å²) in [4.78, 5) is 21.5. The first kappa shape index (κ1) is 29.3. The summed E-state index contributed by atoms with van der Waals surface area (Å²) in [6, 6.07) is 13.2. The van der Waals surface area contributed by atoms with Gasteiger partial charge in [-0.15, -0.1) is 0 Å². The van der Waals surface area contributed by atoms with Gasteiger partial charge >= 0.3 is 0 Å². The van der Waals surface area contributed by atoms with E-state index in [0.29, 0.717) is 11.0 Å². The zero-order chi connectivity index (χ0) is 28.2. The maximum Gasteiger partial charge on any atom is 0.278 e. The average Bonchev–Trinajstić information content (AvgIpc) is 3.27. The summed E-state index contributed by atoms with van der Waals surface area (Å²) in [5, 5.41) is 9.85. The van der Waals surface area contributed by atoms with Crippen LogP contribution in [0.3, 0.4) is 0 Å². The fourth-order valence-electron chi connectivity index (χ4n) is 7.55. The lowest BCUT2D eigenvalue weighted by Gasteiger charge is -2.51. The van der Waals surface area contributed by atoms with Gasteiger partial charge in [-0.05, 0) is 93.0 Å². The smallest absolute Gasteiger partial charge is 0.278 e. The van der Waals surface area contributed by atoms with E-state index in [1.165, 1.54) is 61.9 Å². The van der Waals surface area contributed by atoms with Crippen LogP contribution < -0.4 is 9.80 Å². The Morgan fingerprint density at radius 3 is 2.23 bits per heavy atom. The molecule has 5 nitrogen and oxygen atoms in total. The van der Waals surface area contributed by atoms with Crippen LogP contribution in [0.4, 0.5) is 17.1 Å². The zero-order valence-corrected chi connectivity index (χ0v) is 24.9. The molecular formula is C34H49N3O2. The molecule has 2 aliphatic heterocycles. The van der Waals surface area contributed by atoms with Gasteiger partial charge in [0.2, 0.25) is 0 Å². The molecule has 2 spiro atoms. The molecule has 2 aliphatic carbocycles. The number of aliphatic hydroxyl groups excluding tert-OH is 1. The number of aliphatic imine (C=N–C) groups is 1. The van der Waals surface area contributed by atoms with Gasteiger partial charge in [-0.25, -0.2) is 4.99 Å². The van der Waals surface area contributed by atoms with Gasteiger partial charge < -0.3 is 14.9 Å². The number of benzene rings is 2. The summed E-state index contributed by atoms with van der Waals surface area (Å²) >= 11 is 0. The van der Waals surface area contributed by atoms with Crippen molar-refractivity contribution in [3.05, 3.63) is 53.1 Å². The molecule has 2 heterocycles. The molecule has 2 aromatic rings. The topological polar surface area (TPSA) is 56.1 Å². The number of nitrogens with zero attached hydrogens (tertiary/aromatic N) is 3. The lowest BCUT2D eigenvalue weighted by Crippen LogP contribution is -2.49. The Morgan fingerprint density at radius 2 is 1.62 bits per heavy atom. The van der Waals surface area contributed by atoms with Crippen LogP contribution in [0, 0.1) is 12.3 Å². The highest BCUT2D eigenvalue weighted by Gasteiger charge is 2.47. The molecule has 0 bridgehead atoms. The Hall–Kier alpha value is -2.66. The lowest BCUT2D eigenvalue weighted by atomic mass is 9.61. The van der Waals surface area contributed by atoms with E-state index in [9.17, 15) is 9.90 Å². The van der Waals surface area contributed by atoms with Gasteiger partial charge in [-0.1, -0.05) is 59.1 Å². The van der Waals surface area contributed by atoms with Crippen molar-refractivity contribution in [2.75, 3.05) is 29.4 Å². The van der Waals surface area contributed by atoms with Crippen LogP contribution in [0.2, 0.25) is 0 Å². The van der Waals surface area contributed by atoms with Crippen molar-refractivity contribution >= 4 is 29.7 Å². The normalized spacial score (nSPS) is 20.8. The molecule has 212 valence electrons. The third-order valence-electron chi connectivity index (χ3n) is 9.54. The minimum Gasteiger partial charge on any atom is -0.393 e. The summed E-state index contributed by atoms with van der Waals surface area (Å²) in [6.45, 7) is 16.6. The van der Waals surface area contributed by atoms with Crippen molar-refractivity contribution in [1.29, 1.82) is 0 Å². The van der Waals surface area contributed by atoms with Crippen LogP contribution in [0.15, 0.2) is 41.4 Å². The molecule has 1 amide bonds. The summed E-state index contributed by atoms with van der Waals surface area (Å²) < 4.78 is 0. The predicted molar refractivity (Wildman–Crippen MR) is 165 cm³/mol. The van der Waals surface area contributed by atoms with E-state index >= 15 is 0 Å². The van der Waals surface area contributed by atoms with Crippen LogP contribution in [-0.4, -0.2) is 43.5 Å². The Bertz CT molecular complexity index is 1150. The molecule has 0 unspecified atom stereocenters. The summed E-state index contributed by atoms with van der Waals surface area (Å²) in [7, 11) is 0. The number of aliphatic hydroxyl groups is 1. The number of piperidine rings is 1. The molecule has 0 aromatic heterocycles. The largest absolute Gasteiger partial charge is 0.393 e. The number of amides is 1. The average molecular weight is 532 g/mol. The van der Waals surface area contributed by atoms with E-state index in [-0.39, 0.29) is 17.4 Å². The predicted octanol–water partition coefficient (Wildman–Crippen LogP) is 7.98. The van der Waals surface area contributed by atoms with Crippen LogP contribution >= 0.6 is 0 Å². The van der Waals surface area contributed by atoms with E-state index in [4.69, 9.17) is 0 Å². The number of hydrogen-bond donors (Lipinski definition) is 1. The number of aryl methyl sites for hydroxylation is 1. The van der Waals surface area contributed by atoms with Crippen molar-refractivity contribution in [2.45, 2.75) is 104 Å². The first-order chi connectivity index (χ1) is 18.9. The van der Waals surface area contributed by atoms with Crippen molar-refractivity contribution in [1.82, 2.24) is 0 Å². The molecule has 39 heavy (non-hydrogen) atoms. The Labute approximate surface area is 236 Å². The van der Waals surface area contributed by atoms with Crippen molar-refractivity contribution in [3.8, 4) is 0 Å². The summed E-state index contributed by atoms with van der Waals surface area (Å²) in [5.41, 5.74) is 7.16. The second kappa shape index (κ2) is 12.2. The number of anilines is 3. The fraction of sp³-hybridized carbons (Fsp3) is 0.588. The standard InChI is InChI=1S/C30H37N3O2.2C2H6/c1-21-7-6-8-26(27(21)28(35)31-2)33-20-30(11-4-3-5-12-30)24-17-22(9-10-25(24)33)32-15-13-29(14-16-32)18-23(34)19-29;2*1-2/h6-10,17,23,34H,2-5,11-16,18-20H2,1H3;2*1-2H3. The van der Waals surface area contributed by atoms with Gasteiger partial charge in [0.1, 0.15) is 0 Å². The van der Waals surface area contributed by atoms with E-state index in [2.05, 4.69) is 45.8 Å². The van der Waals surface area contributed by atoms with Gasteiger partial charge in [0, 0.05) is 36.4 Å². The third kappa shape index (κ3) is 5.39. The molecule has 3 fully saturated rings. The molecule has 0 radical (unpaired) electrons. The number of fused-ring (bicyclic) bond motifs is 2. The fourth-order valence-corrected chi connectivity index (χ4v) is 7.55. The quantitative estimate of drug-likeness (QED) is 0.408. The Balaban J connectivity index is 0.000000845. The van der Waals surface area contributed by atoms with Crippen molar-refractivity contribution in [3.63, 3.8) is 0 Å². The Kier molecular flexibility index (Phi) is 9.21. The van der Waals surface area contributed by atoms with Gasteiger partial charge in [0.05, 0.1) is 17.4 Å². The van der Waals surface area contributed by atoms with Crippen LogP contribution in [-0.2, 0) is 5.41 Å². The second-order valence-corrected chi connectivity index (χ2v) is 11.6. The third-order valence-corrected chi connectivity index (χ3v) is 9.54. The van der Waals surface area contributed by atoms with Crippen molar-refractivity contribution < 1.29 is 9.90 Å². The number of rotatable bonds is 3. The summed E-state index contributed by atoms with van der Waals surface area (Å²) in [6.07, 6.45) is 10.5. The Morgan fingerprint density at radius 1 is 0.949 bits per heavy atom. The first-order valence-corrected chi connectivity index (χ1v) is 15.4. The van der Waals surface area contributed by atoms with Gasteiger partial charge in [-0.2, -0.15) is 0 Å². The van der Waals surface area contributed by atoms with Gasteiger partial charge in [-0.3, -0.25) is 4.79 Å². The minimum atomic E-state index is -0.246. The first-order valence-electron chi connectivity index (χ1n) is 15.4. The molecule has 6 rings (SSSR count). The SMILES string of the molecule is C=NC(=O)c1c(C)cccc1N1CC2(CCCCC2)c2cc(N3CCC4(CC3)CC(O)C4)ccc21.CC.CC. The molecule has 0 atom stereocenters.